The van der Waals surface area contributed by atoms with Crippen molar-refractivity contribution >= 4 is 37.5 Å². The van der Waals surface area contributed by atoms with E-state index in [1.807, 2.05) is 16.7 Å². The molecule has 8 nitrogen and oxygen atoms in total. The van der Waals surface area contributed by atoms with Crippen molar-refractivity contribution in [3.63, 3.8) is 0 Å². The Labute approximate surface area is 215 Å². The number of nitrogens with zero attached hydrogens (tertiary/aromatic N) is 3. The van der Waals surface area contributed by atoms with Crippen LogP contribution in [0.2, 0.25) is 0 Å². The van der Waals surface area contributed by atoms with Crippen LogP contribution in [0.15, 0.2) is 58.9 Å². The molecule has 1 fully saturated rings. The van der Waals surface area contributed by atoms with Crippen LogP contribution in [0, 0.1) is 0 Å². The van der Waals surface area contributed by atoms with E-state index >= 15 is 0 Å². The van der Waals surface area contributed by atoms with Gasteiger partial charge in [-0.25, -0.2) is 8.42 Å². The highest BCUT2D eigenvalue weighted by Gasteiger charge is 2.29. The van der Waals surface area contributed by atoms with Gasteiger partial charge in [0.1, 0.15) is 0 Å². The van der Waals surface area contributed by atoms with Crippen molar-refractivity contribution in [2.45, 2.75) is 49.6 Å². The first-order chi connectivity index (χ1) is 17.3. The van der Waals surface area contributed by atoms with E-state index in [4.69, 9.17) is 9.47 Å². The smallest absolute Gasteiger partial charge is 0.279 e. The van der Waals surface area contributed by atoms with Gasteiger partial charge in [0.25, 0.3) is 5.91 Å². The van der Waals surface area contributed by atoms with Crippen LogP contribution in [0.5, 0.6) is 11.5 Å². The quantitative estimate of drug-likeness (QED) is 0.398. The second kappa shape index (κ2) is 11.0. The van der Waals surface area contributed by atoms with Crippen LogP contribution in [-0.2, 0) is 16.6 Å². The number of allylic oxidation sites excluding steroid dienone is 1. The number of amides is 1. The predicted octanol–water partition coefficient (Wildman–Crippen LogP) is 4.60. The fourth-order valence-electron chi connectivity index (χ4n) is 4.52. The van der Waals surface area contributed by atoms with Gasteiger partial charge in [0.05, 0.1) is 29.3 Å². The fraction of sp³-hybridized carbons (Fsp3) is 0.385. The van der Waals surface area contributed by atoms with E-state index in [2.05, 4.69) is 11.6 Å². The molecule has 0 radical (unpaired) electrons. The maximum atomic E-state index is 13.1. The van der Waals surface area contributed by atoms with Crippen LogP contribution in [0.25, 0.3) is 10.2 Å². The van der Waals surface area contributed by atoms with Gasteiger partial charge in [-0.05, 0) is 37.1 Å². The maximum Gasteiger partial charge on any atom is 0.279 e. The highest BCUT2D eigenvalue weighted by atomic mass is 32.2. The van der Waals surface area contributed by atoms with Crippen molar-refractivity contribution in [3.05, 3.63) is 59.4 Å². The van der Waals surface area contributed by atoms with Crippen LogP contribution in [-0.4, -0.2) is 50.5 Å². The summed E-state index contributed by atoms with van der Waals surface area (Å²) in [4.78, 5) is 18.1. The molecule has 0 N–H and O–H groups in total. The van der Waals surface area contributed by atoms with Gasteiger partial charge in [-0.1, -0.05) is 36.7 Å². The highest BCUT2D eigenvalue weighted by Crippen LogP contribution is 2.33. The molecule has 10 heteroatoms. The molecule has 0 aliphatic heterocycles. The molecule has 1 aliphatic rings. The lowest BCUT2D eigenvalue weighted by Crippen LogP contribution is -2.38. The lowest BCUT2D eigenvalue weighted by atomic mass is 9.96. The molecule has 192 valence electrons. The van der Waals surface area contributed by atoms with Crippen molar-refractivity contribution < 1.29 is 22.7 Å². The van der Waals surface area contributed by atoms with E-state index in [0.717, 1.165) is 42.3 Å². The number of ether oxygens (including phenoxy) is 2. The zero-order valence-electron chi connectivity index (χ0n) is 20.8. The number of thiazole rings is 1. The summed E-state index contributed by atoms with van der Waals surface area (Å²) in [7, 11) is 1.15. The topological polar surface area (TPSA) is 90.2 Å². The minimum absolute atomic E-state index is 0.0190. The molecule has 3 aromatic rings. The minimum Gasteiger partial charge on any atom is -0.493 e. The average molecular weight is 530 g/mol. The molecule has 0 bridgehead atoms. The van der Waals surface area contributed by atoms with Crippen LogP contribution in [0.1, 0.15) is 42.5 Å². The molecule has 1 amide bonds. The largest absolute Gasteiger partial charge is 0.493 e. The number of benzene rings is 2. The van der Waals surface area contributed by atoms with Crippen LogP contribution >= 0.6 is 11.3 Å². The van der Waals surface area contributed by atoms with Gasteiger partial charge >= 0.3 is 0 Å². The molecule has 0 unspecified atom stereocenters. The monoisotopic (exact) mass is 529 g/mol. The Morgan fingerprint density at radius 2 is 1.78 bits per heavy atom. The normalized spacial score (nSPS) is 15.4. The first-order valence-corrected chi connectivity index (χ1v) is 14.1. The lowest BCUT2D eigenvalue weighted by Gasteiger charge is -2.30. The van der Waals surface area contributed by atoms with Gasteiger partial charge in [-0.3, -0.25) is 4.79 Å². The molecule has 4 rings (SSSR count). The van der Waals surface area contributed by atoms with Crippen LogP contribution in [0.3, 0.4) is 0 Å². The van der Waals surface area contributed by atoms with E-state index in [0.29, 0.717) is 28.4 Å². The minimum atomic E-state index is -3.63. The van der Waals surface area contributed by atoms with Gasteiger partial charge in [-0.15, -0.1) is 6.58 Å². The summed E-state index contributed by atoms with van der Waals surface area (Å²) >= 11 is 1.35. The summed E-state index contributed by atoms with van der Waals surface area (Å²) in [5.74, 6) is 0.709. The predicted molar refractivity (Wildman–Crippen MR) is 141 cm³/mol. The third-order valence-electron chi connectivity index (χ3n) is 6.56. The molecule has 1 heterocycles. The average Bonchev–Trinajstić information content (AvgIpc) is 3.23. The number of rotatable bonds is 8. The third-order valence-corrected chi connectivity index (χ3v) is 9.53. The number of aromatic nitrogens is 1. The van der Waals surface area contributed by atoms with Gasteiger partial charge in [0.2, 0.25) is 10.0 Å². The number of carbonyl (C=O) groups is 1. The van der Waals surface area contributed by atoms with E-state index < -0.39 is 15.9 Å². The summed E-state index contributed by atoms with van der Waals surface area (Å²) in [6.07, 6.45) is 6.73. The van der Waals surface area contributed by atoms with Crippen molar-refractivity contribution in [1.29, 1.82) is 0 Å². The molecule has 1 aromatic heterocycles. The molecular formula is C26H31N3O5S2. The maximum absolute atomic E-state index is 13.1. The summed E-state index contributed by atoms with van der Waals surface area (Å²) in [6, 6.07) is 9.72. The summed E-state index contributed by atoms with van der Waals surface area (Å²) in [6.45, 7) is 4.27. The number of hydrogen-bond donors (Lipinski definition) is 0. The highest BCUT2D eigenvalue weighted by molar-refractivity contribution is 7.89. The second-order valence-electron chi connectivity index (χ2n) is 8.71. The number of methoxy groups -OCH3 is 2. The van der Waals surface area contributed by atoms with E-state index in [1.165, 1.54) is 39.9 Å². The number of hydrogen-bond acceptors (Lipinski definition) is 6. The molecule has 0 saturated heterocycles. The van der Waals surface area contributed by atoms with E-state index in [1.54, 1.807) is 27.3 Å². The Kier molecular flexibility index (Phi) is 7.97. The first-order valence-electron chi connectivity index (χ1n) is 11.8. The van der Waals surface area contributed by atoms with Gasteiger partial charge in [0.15, 0.2) is 16.3 Å². The van der Waals surface area contributed by atoms with Crippen molar-refractivity contribution in [1.82, 2.24) is 8.87 Å². The number of carbonyl (C=O) groups excluding carboxylic acids is 1. The standard InChI is InChI=1S/C26H31N3O5S2/c1-5-15-29-21-16-22(33-3)23(34-4)17-24(21)35-26(29)27-25(30)18-11-13-20(14-12-18)36(31,32)28(2)19-9-7-6-8-10-19/h5,11-14,16-17,19H,1,6-10,15H2,2-4H3. The van der Waals surface area contributed by atoms with Crippen molar-refractivity contribution in [2.24, 2.45) is 4.99 Å². The van der Waals surface area contributed by atoms with Crippen LogP contribution < -0.4 is 14.3 Å². The lowest BCUT2D eigenvalue weighted by molar-refractivity contribution is 0.0997. The Morgan fingerprint density at radius 1 is 1.14 bits per heavy atom. The summed E-state index contributed by atoms with van der Waals surface area (Å²) in [5.41, 5.74) is 1.16. The zero-order valence-corrected chi connectivity index (χ0v) is 22.4. The molecule has 2 aromatic carbocycles. The molecule has 0 atom stereocenters. The van der Waals surface area contributed by atoms with Gasteiger partial charge in [0, 0.05) is 37.3 Å². The van der Waals surface area contributed by atoms with Gasteiger partial charge in [-0.2, -0.15) is 9.30 Å². The SMILES string of the molecule is C=CCn1c(=NC(=O)c2ccc(S(=O)(=O)N(C)C3CCCCC3)cc2)sc2cc(OC)c(OC)cc21. The summed E-state index contributed by atoms with van der Waals surface area (Å²) < 4.78 is 41.3. The Hall–Kier alpha value is -2.95. The fourth-order valence-corrected chi connectivity index (χ4v) is 6.98. The van der Waals surface area contributed by atoms with Crippen molar-refractivity contribution in [3.8, 4) is 11.5 Å². The zero-order chi connectivity index (χ0) is 25.9. The van der Waals surface area contributed by atoms with Crippen molar-refractivity contribution in [2.75, 3.05) is 21.3 Å². The third kappa shape index (κ3) is 5.11. The Balaban J connectivity index is 1.65. The Morgan fingerprint density at radius 3 is 2.39 bits per heavy atom. The second-order valence-corrected chi connectivity index (χ2v) is 11.7. The molecule has 0 spiro atoms. The molecule has 1 aliphatic carbocycles. The molecule has 1 saturated carbocycles. The van der Waals surface area contributed by atoms with Crippen LogP contribution in [0.4, 0.5) is 0 Å². The summed E-state index contributed by atoms with van der Waals surface area (Å²) in [5, 5.41) is 0. The van der Waals surface area contributed by atoms with E-state index in [9.17, 15) is 13.2 Å². The van der Waals surface area contributed by atoms with E-state index in [-0.39, 0.29) is 10.9 Å². The number of sulfonamides is 1. The number of fused-ring (bicyclic) bond motifs is 1. The molecule has 36 heavy (non-hydrogen) atoms. The molecular weight excluding hydrogens is 498 g/mol. The van der Waals surface area contributed by atoms with Gasteiger partial charge < -0.3 is 14.0 Å². The first kappa shape index (κ1) is 26.1. The Bertz CT molecular complexity index is 1430.